The molecule has 2 atom stereocenters. The molecule has 2 saturated heterocycles. The van der Waals surface area contributed by atoms with Crippen LogP contribution in [0.25, 0.3) is 10.9 Å². The molecule has 24 heavy (non-hydrogen) atoms. The summed E-state index contributed by atoms with van der Waals surface area (Å²) in [6.45, 7) is 0. The van der Waals surface area contributed by atoms with Gasteiger partial charge in [0.05, 0.1) is 28.7 Å². The van der Waals surface area contributed by atoms with E-state index < -0.39 is 25.9 Å². The van der Waals surface area contributed by atoms with E-state index in [-0.39, 0.29) is 0 Å². The van der Waals surface area contributed by atoms with Crippen LogP contribution in [0.1, 0.15) is 37.7 Å². The summed E-state index contributed by atoms with van der Waals surface area (Å²) in [5.41, 5.74) is 0.508. The quantitative estimate of drug-likeness (QED) is 0.903. The summed E-state index contributed by atoms with van der Waals surface area (Å²) < 4.78 is 30.1. The topological polar surface area (TPSA) is 76.5 Å². The number of pyridine rings is 1. The minimum atomic E-state index is -3.08. The van der Waals surface area contributed by atoms with Crippen LogP contribution >= 0.6 is 0 Å². The third-order valence-electron chi connectivity index (χ3n) is 5.52. The second-order valence-corrected chi connectivity index (χ2v) is 9.48. The molecule has 1 aromatic heterocycles. The molecular weight excluding hydrogens is 326 g/mol. The van der Waals surface area contributed by atoms with Gasteiger partial charge in [0.1, 0.15) is 0 Å². The first-order valence-corrected chi connectivity index (χ1v) is 9.94. The summed E-state index contributed by atoms with van der Waals surface area (Å²) in [4.78, 5) is 4.38. The number of rotatable bonds is 2. The molecule has 0 radical (unpaired) electrons. The fourth-order valence-corrected chi connectivity index (χ4v) is 6.74. The second-order valence-electron chi connectivity index (χ2n) is 6.96. The molecule has 0 amide bonds. The smallest absolute Gasteiger partial charge is 0.213 e. The van der Waals surface area contributed by atoms with Crippen molar-refractivity contribution in [3.8, 4) is 5.88 Å². The lowest BCUT2D eigenvalue weighted by atomic mass is 9.80. The average Bonchev–Trinajstić information content (AvgIpc) is 2.55. The Morgan fingerprint density at radius 2 is 1.88 bits per heavy atom. The predicted molar refractivity (Wildman–Crippen MR) is 91.8 cm³/mol. The fourth-order valence-electron chi connectivity index (χ4n) is 4.19. The second kappa shape index (κ2) is 5.43. The van der Waals surface area contributed by atoms with Crippen molar-refractivity contribution in [1.29, 1.82) is 0 Å². The normalized spacial score (nSPS) is 31.8. The Balaban J connectivity index is 1.74. The van der Waals surface area contributed by atoms with E-state index in [1.54, 1.807) is 13.2 Å². The molecule has 2 aliphatic heterocycles. The number of sulfone groups is 1. The van der Waals surface area contributed by atoms with Crippen LogP contribution in [0, 0.1) is 0 Å². The van der Waals surface area contributed by atoms with Crippen LogP contribution in [0.5, 0.6) is 5.88 Å². The van der Waals surface area contributed by atoms with E-state index >= 15 is 0 Å². The Morgan fingerprint density at radius 1 is 1.17 bits per heavy atom. The minimum absolute atomic E-state index is 0.293. The Labute approximate surface area is 141 Å². The number of nitrogens with zero attached hydrogens (tertiary/aromatic N) is 1. The van der Waals surface area contributed by atoms with E-state index in [2.05, 4.69) is 4.98 Å². The van der Waals surface area contributed by atoms with Gasteiger partial charge in [-0.15, -0.1) is 0 Å². The highest BCUT2D eigenvalue weighted by Gasteiger charge is 2.50. The number of benzene rings is 1. The number of aliphatic hydroxyl groups is 1. The highest BCUT2D eigenvalue weighted by Crippen LogP contribution is 2.46. The molecule has 2 unspecified atom stereocenters. The Hall–Kier alpha value is -1.66. The third-order valence-corrected chi connectivity index (χ3v) is 8.19. The maximum absolute atomic E-state index is 12.5. The van der Waals surface area contributed by atoms with Gasteiger partial charge in [0, 0.05) is 11.5 Å². The van der Waals surface area contributed by atoms with Gasteiger partial charge < -0.3 is 9.84 Å². The molecule has 0 spiro atoms. The maximum atomic E-state index is 12.5. The van der Waals surface area contributed by atoms with Crippen LogP contribution in [0.4, 0.5) is 0 Å². The minimum Gasteiger partial charge on any atom is -0.481 e. The van der Waals surface area contributed by atoms with Gasteiger partial charge in [-0.05, 0) is 49.4 Å². The molecule has 2 fully saturated rings. The zero-order valence-electron chi connectivity index (χ0n) is 13.6. The van der Waals surface area contributed by atoms with Crippen LogP contribution < -0.4 is 4.74 Å². The van der Waals surface area contributed by atoms with E-state index in [1.165, 1.54) is 0 Å². The third kappa shape index (κ3) is 2.40. The molecule has 4 rings (SSSR count). The van der Waals surface area contributed by atoms with Crippen molar-refractivity contribution >= 4 is 20.7 Å². The summed E-state index contributed by atoms with van der Waals surface area (Å²) in [6, 6.07) is 9.35. The molecule has 1 aromatic carbocycles. The van der Waals surface area contributed by atoms with Crippen molar-refractivity contribution in [2.24, 2.45) is 0 Å². The highest BCUT2D eigenvalue weighted by molar-refractivity contribution is 7.92. The summed E-state index contributed by atoms with van der Waals surface area (Å²) in [7, 11) is -1.51. The molecule has 1 N–H and O–H groups in total. The summed E-state index contributed by atoms with van der Waals surface area (Å²) in [5.74, 6) is 0.548. The molecule has 128 valence electrons. The number of methoxy groups -OCH3 is 1. The number of fused-ring (bicyclic) bond motifs is 3. The van der Waals surface area contributed by atoms with Crippen molar-refractivity contribution in [2.45, 2.75) is 48.2 Å². The molecular formula is C18H21NO4S. The van der Waals surface area contributed by atoms with Gasteiger partial charge in [-0.3, -0.25) is 0 Å². The monoisotopic (exact) mass is 347 g/mol. The highest BCUT2D eigenvalue weighted by atomic mass is 32.2. The van der Waals surface area contributed by atoms with Gasteiger partial charge in [0.2, 0.25) is 5.88 Å². The SMILES string of the molecule is COc1ccc2cc(C3(O)CC4CCCC(C3)S4(=O)=O)ccc2n1. The predicted octanol–water partition coefficient (Wildman–Crippen LogP) is 2.56. The standard InChI is InChI=1S/C18H21NO4S/c1-23-17-8-5-12-9-13(6-7-16(12)19-17)18(20)10-14-3-2-4-15(11-18)24(14,21)22/h5-9,14-15,20H,2-4,10-11H2,1H3. The molecule has 5 nitrogen and oxygen atoms in total. The first-order valence-electron chi connectivity index (χ1n) is 8.33. The number of hydrogen-bond donors (Lipinski definition) is 1. The van der Waals surface area contributed by atoms with E-state index in [0.717, 1.165) is 22.9 Å². The lowest BCUT2D eigenvalue weighted by molar-refractivity contribution is 0.00512. The maximum Gasteiger partial charge on any atom is 0.213 e. The van der Waals surface area contributed by atoms with Gasteiger partial charge in [0.25, 0.3) is 0 Å². The van der Waals surface area contributed by atoms with Crippen LogP contribution in [0.15, 0.2) is 30.3 Å². The molecule has 2 aliphatic rings. The molecule has 2 aromatic rings. The summed E-state index contributed by atoms with van der Waals surface area (Å²) in [5, 5.41) is 11.3. The van der Waals surface area contributed by atoms with Crippen molar-refractivity contribution < 1.29 is 18.3 Å². The first-order chi connectivity index (χ1) is 11.4. The molecule has 0 aliphatic carbocycles. The lowest BCUT2D eigenvalue weighted by Crippen LogP contribution is -2.50. The molecule has 2 bridgehead atoms. The molecule has 6 heteroatoms. The van der Waals surface area contributed by atoms with Gasteiger partial charge in [-0.2, -0.15) is 0 Å². The molecule has 0 saturated carbocycles. The van der Waals surface area contributed by atoms with Gasteiger partial charge in [-0.25, -0.2) is 13.4 Å². The molecule has 3 heterocycles. The zero-order chi connectivity index (χ0) is 16.9. The van der Waals surface area contributed by atoms with Gasteiger partial charge in [-0.1, -0.05) is 12.5 Å². The van der Waals surface area contributed by atoms with Crippen LogP contribution in [0.3, 0.4) is 0 Å². The summed E-state index contributed by atoms with van der Waals surface area (Å²) >= 11 is 0. The van der Waals surface area contributed by atoms with Crippen LogP contribution in [-0.2, 0) is 15.4 Å². The lowest BCUT2D eigenvalue weighted by Gasteiger charge is -2.44. The Bertz CT molecular complexity index is 873. The van der Waals surface area contributed by atoms with Gasteiger partial charge >= 0.3 is 0 Å². The van der Waals surface area contributed by atoms with Crippen molar-refractivity contribution in [1.82, 2.24) is 4.98 Å². The van der Waals surface area contributed by atoms with E-state index in [4.69, 9.17) is 4.74 Å². The number of ether oxygens (including phenoxy) is 1. The fraction of sp³-hybridized carbons (Fsp3) is 0.500. The van der Waals surface area contributed by atoms with Crippen LogP contribution in [0.2, 0.25) is 0 Å². The van der Waals surface area contributed by atoms with Crippen molar-refractivity contribution in [3.05, 3.63) is 35.9 Å². The largest absolute Gasteiger partial charge is 0.481 e. The van der Waals surface area contributed by atoms with Gasteiger partial charge in [0.15, 0.2) is 9.84 Å². The van der Waals surface area contributed by atoms with Crippen molar-refractivity contribution in [3.63, 3.8) is 0 Å². The van der Waals surface area contributed by atoms with E-state index in [0.29, 0.717) is 31.6 Å². The van der Waals surface area contributed by atoms with E-state index in [1.807, 2.05) is 24.3 Å². The number of hydrogen-bond acceptors (Lipinski definition) is 5. The average molecular weight is 347 g/mol. The Kier molecular flexibility index (Phi) is 3.58. The van der Waals surface area contributed by atoms with Crippen molar-refractivity contribution in [2.75, 3.05) is 7.11 Å². The Morgan fingerprint density at radius 3 is 2.54 bits per heavy atom. The first kappa shape index (κ1) is 15.8. The van der Waals surface area contributed by atoms with Crippen LogP contribution in [-0.4, -0.2) is 36.1 Å². The summed E-state index contributed by atoms with van der Waals surface area (Å²) in [6.07, 6.45) is 2.84. The number of aromatic nitrogens is 1. The zero-order valence-corrected chi connectivity index (χ0v) is 14.4. The van der Waals surface area contributed by atoms with E-state index in [9.17, 15) is 13.5 Å².